The van der Waals surface area contributed by atoms with E-state index in [4.69, 9.17) is 9.15 Å². The maximum absolute atomic E-state index is 5.81. The van der Waals surface area contributed by atoms with Crippen LogP contribution < -0.4 is 4.74 Å². The van der Waals surface area contributed by atoms with E-state index in [-0.39, 0.29) is 0 Å². The van der Waals surface area contributed by atoms with Crippen LogP contribution in [0, 0.1) is 0 Å². The zero-order chi connectivity index (χ0) is 16.2. The first kappa shape index (κ1) is 16.0. The Morgan fingerprint density at radius 2 is 2.04 bits per heavy atom. The molecule has 5 heteroatoms. The van der Waals surface area contributed by atoms with Crippen LogP contribution in [-0.2, 0) is 6.54 Å². The minimum Gasteiger partial charge on any atom is -0.497 e. The number of ether oxygens (including phenoxy) is 1. The Balaban J connectivity index is 1.55. The standard InChI is InChI=1S/C18H25N3O2/c1-13(2)17-19-20-18(23-17)15-7-9-21(10-8-15)12-14-5-4-6-16(11-14)22-3/h4-6,11,13,15H,7-10,12H2,1-3H3. The lowest BCUT2D eigenvalue weighted by Gasteiger charge is -2.30. The van der Waals surface area contributed by atoms with Crippen LogP contribution in [0.1, 0.15) is 55.9 Å². The summed E-state index contributed by atoms with van der Waals surface area (Å²) in [6, 6.07) is 8.30. The maximum atomic E-state index is 5.81. The highest BCUT2D eigenvalue weighted by atomic mass is 16.5. The number of aromatic nitrogens is 2. The van der Waals surface area contributed by atoms with Crippen LogP contribution in [0.3, 0.4) is 0 Å². The van der Waals surface area contributed by atoms with Crippen molar-refractivity contribution in [3.63, 3.8) is 0 Å². The van der Waals surface area contributed by atoms with Gasteiger partial charge in [0.15, 0.2) is 0 Å². The van der Waals surface area contributed by atoms with Gasteiger partial charge in [-0.05, 0) is 43.6 Å². The fourth-order valence-corrected chi connectivity index (χ4v) is 3.01. The van der Waals surface area contributed by atoms with Crippen molar-refractivity contribution in [3.8, 4) is 5.75 Å². The first-order chi connectivity index (χ1) is 11.2. The third-order valence-corrected chi connectivity index (χ3v) is 4.43. The first-order valence-corrected chi connectivity index (χ1v) is 8.34. The van der Waals surface area contributed by atoms with Crippen LogP contribution in [0.15, 0.2) is 28.7 Å². The van der Waals surface area contributed by atoms with E-state index in [0.717, 1.165) is 50.0 Å². The van der Waals surface area contributed by atoms with Gasteiger partial charge in [0.2, 0.25) is 11.8 Å². The van der Waals surface area contributed by atoms with Crippen molar-refractivity contribution in [2.24, 2.45) is 0 Å². The summed E-state index contributed by atoms with van der Waals surface area (Å²) < 4.78 is 11.1. The van der Waals surface area contributed by atoms with E-state index in [1.165, 1.54) is 5.56 Å². The highest BCUT2D eigenvalue weighted by molar-refractivity contribution is 5.28. The Bertz CT molecular complexity index is 631. The van der Waals surface area contributed by atoms with E-state index in [9.17, 15) is 0 Å². The zero-order valence-electron chi connectivity index (χ0n) is 14.2. The molecule has 0 radical (unpaired) electrons. The Kier molecular flexibility index (Phi) is 4.96. The Morgan fingerprint density at radius 3 is 2.70 bits per heavy atom. The number of hydrogen-bond acceptors (Lipinski definition) is 5. The van der Waals surface area contributed by atoms with Gasteiger partial charge in [-0.15, -0.1) is 10.2 Å². The molecule has 1 aliphatic rings. The van der Waals surface area contributed by atoms with Crippen molar-refractivity contribution in [2.45, 2.75) is 45.1 Å². The van der Waals surface area contributed by atoms with Crippen molar-refractivity contribution in [1.82, 2.24) is 15.1 Å². The van der Waals surface area contributed by atoms with E-state index in [1.807, 2.05) is 12.1 Å². The van der Waals surface area contributed by atoms with Gasteiger partial charge in [0, 0.05) is 18.4 Å². The second-order valence-electron chi connectivity index (χ2n) is 6.54. The second-order valence-corrected chi connectivity index (χ2v) is 6.54. The summed E-state index contributed by atoms with van der Waals surface area (Å²) in [5.74, 6) is 3.18. The van der Waals surface area contributed by atoms with Crippen LogP contribution in [0.25, 0.3) is 0 Å². The average molecular weight is 315 g/mol. The van der Waals surface area contributed by atoms with E-state index < -0.39 is 0 Å². The maximum Gasteiger partial charge on any atom is 0.219 e. The van der Waals surface area contributed by atoms with Crippen LogP contribution >= 0.6 is 0 Å². The van der Waals surface area contributed by atoms with E-state index in [2.05, 4.69) is 41.1 Å². The summed E-state index contributed by atoms with van der Waals surface area (Å²) >= 11 is 0. The molecule has 0 spiro atoms. The molecule has 1 fully saturated rings. The predicted octanol–water partition coefficient (Wildman–Crippen LogP) is 3.58. The van der Waals surface area contributed by atoms with Crippen LogP contribution in [-0.4, -0.2) is 35.3 Å². The number of piperidine rings is 1. The third-order valence-electron chi connectivity index (χ3n) is 4.43. The van der Waals surface area contributed by atoms with Crippen molar-refractivity contribution in [1.29, 1.82) is 0 Å². The Labute approximate surface area is 137 Å². The van der Waals surface area contributed by atoms with Gasteiger partial charge in [-0.2, -0.15) is 0 Å². The lowest BCUT2D eigenvalue weighted by Crippen LogP contribution is -2.32. The third kappa shape index (κ3) is 3.91. The fourth-order valence-electron chi connectivity index (χ4n) is 3.01. The molecule has 1 saturated heterocycles. The molecule has 2 heterocycles. The van der Waals surface area contributed by atoms with Gasteiger partial charge in [-0.1, -0.05) is 26.0 Å². The zero-order valence-corrected chi connectivity index (χ0v) is 14.2. The molecular formula is C18H25N3O2. The molecule has 5 nitrogen and oxygen atoms in total. The van der Waals surface area contributed by atoms with Crippen molar-refractivity contribution >= 4 is 0 Å². The highest BCUT2D eigenvalue weighted by Crippen LogP contribution is 2.29. The summed E-state index contributed by atoms with van der Waals surface area (Å²) in [6.07, 6.45) is 2.15. The van der Waals surface area contributed by atoms with E-state index in [1.54, 1.807) is 7.11 Å². The normalized spacial score (nSPS) is 16.9. The fraction of sp³-hybridized carbons (Fsp3) is 0.556. The molecule has 2 aromatic rings. The summed E-state index contributed by atoms with van der Waals surface area (Å²) in [6.45, 7) is 7.23. The highest BCUT2D eigenvalue weighted by Gasteiger charge is 2.25. The molecule has 0 saturated carbocycles. The van der Waals surface area contributed by atoms with E-state index in [0.29, 0.717) is 11.8 Å². The van der Waals surface area contributed by atoms with Gasteiger partial charge in [0.05, 0.1) is 7.11 Å². The van der Waals surface area contributed by atoms with Crippen molar-refractivity contribution < 1.29 is 9.15 Å². The molecular weight excluding hydrogens is 290 g/mol. The van der Waals surface area contributed by atoms with Gasteiger partial charge < -0.3 is 9.15 Å². The molecule has 1 aromatic carbocycles. The molecule has 0 atom stereocenters. The largest absolute Gasteiger partial charge is 0.497 e. The van der Waals surface area contributed by atoms with Gasteiger partial charge >= 0.3 is 0 Å². The quantitative estimate of drug-likeness (QED) is 0.844. The topological polar surface area (TPSA) is 51.4 Å². The van der Waals surface area contributed by atoms with Gasteiger partial charge in [-0.3, -0.25) is 4.90 Å². The number of benzene rings is 1. The number of nitrogens with zero attached hydrogens (tertiary/aromatic N) is 3. The number of methoxy groups -OCH3 is 1. The second kappa shape index (κ2) is 7.13. The van der Waals surface area contributed by atoms with Crippen molar-refractivity contribution in [2.75, 3.05) is 20.2 Å². The molecule has 0 unspecified atom stereocenters. The molecule has 0 bridgehead atoms. The Hall–Kier alpha value is -1.88. The molecule has 1 aromatic heterocycles. The first-order valence-electron chi connectivity index (χ1n) is 8.34. The van der Waals surface area contributed by atoms with E-state index >= 15 is 0 Å². The lowest BCUT2D eigenvalue weighted by atomic mass is 9.96. The summed E-state index contributed by atoms with van der Waals surface area (Å²) in [5.41, 5.74) is 1.29. The lowest BCUT2D eigenvalue weighted by molar-refractivity contribution is 0.191. The smallest absolute Gasteiger partial charge is 0.219 e. The summed E-state index contributed by atoms with van der Waals surface area (Å²) in [7, 11) is 1.71. The van der Waals surface area contributed by atoms with Crippen molar-refractivity contribution in [3.05, 3.63) is 41.6 Å². The van der Waals surface area contributed by atoms with Crippen LogP contribution in [0.2, 0.25) is 0 Å². The van der Waals surface area contributed by atoms with Gasteiger partial charge in [0.25, 0.3) is 0 Å². The monoisotopic (exact) mass is 315 g/mol. The molecule has 124 valence electrons. The Morgan fingerprint density at radius 1 is 1.26 bits per heavy atom. The predicted molar refractivity (Wildman–Crippen MR) is 88.6 cm³/mol. The number of rotatable bonds is 5. The van der Waals surface area contributed by atoms with Crippen LogP contribution in [0.4, 0.5) is 0 Å². The number of hydrogen-bond donors (Lipinski definition) is 0. The summed E-state index contributed by atoms with van der Waals surface area (Å²) in [4.78, 5) is 2.48. The average Bonchev–Trinajstić information content (AvgIpc) is 3.06. The van der Waals surface area contributed by atoms with Crippen LogP contribution in [0.5, 0.6) is 5.75 Å². The molecule has 1 aliphatic heterocycles. The molecule has 23 heavy (non-hydrogen) atoms. The van der Waals surface area contributed by atoms with Gasteiger partial charge in [-0.25, -0.2) is 0 Å². The molecule has 0 amide bonds. The minimum absolute atomic E-state index is 0.296. The molecule has 0 N–H and O–H groups in total. The summed E-state index contributed by atoms with van der Waals surface area (Å²) in [5, 5.41) is 8.39. The SMILES string of the molecule is COc1cccc(CN2CCC(c3nnc(C(C)C)o3)CC2)c1. The minimum atomic E-state index is 0.296. The number of likely N-dealkylation sites (tertiary alicyclic amines) is 1. The molecule has 0 aliphatic carbocycles. The molecule has 3 rings (SSSR count). The van der Waals surface area contributed by atoms with Gasteiger partial charge in [0.1, 0.15) is 5.75 Å².